The molecule has 0 spiro atoms. The maximum absolute atomic E-state index is 12.5. The zero-order valence-corrected chi connectivity index (χ0v) is 13.1. The summed E-state index contributed by atoms with van der Waals surface area (Å²) in [6, 6.07) is 7.15. The second-order valence-corrected chi connectivity index (χ2v) is 5.75. The molecule has 1 unspecified atom stereocenters. The van der Waals surface area contributed by atoms with Crippen molar-refractivity contribution in [2.24, 2.45) is 0 Å². The highest BCUT2D eigenvalue weighted by atomic mass is 79.9. The van der Waals surface area contributed by atoms with Gasteiger partial charge in [-0.05, 0) is 36.2 Å². The van der Waals surface area contributed by atoms with Gasteiger partial charge < -0.3 is 5.11 Å². The second-order valence-electron chi connectivity index (χ2n) is 4.48. The number of hydrogen-bond donors (Lipinski definition) is 1. The summed E-state index contributed by atoms with van der Waals surface area (Å²) < 4.78 is 38.5. The molecule has 2 aromatic rings. The molecular formula is C14H10BrClF3NO. The predicted octanol–water partition coefficient (Wildman–Crippen LogP) is 4.91. The Hall–Kier alpha value is -1.11. The number of halogens is 5. The van der Waals surface area contributed by atoms with Gasteiger partial charge in [0.2, 0.25) is 0 Å². The first-order valence-corrected chi connectivity index (χ1v) is 7.05. The Morgan fingerprint density at radius 1 is 1.19 bits per heavy atom. The molecule has 0 radical (unpaired) electrons. The van der Waals surface area contributed by atoms with E-state index in [1.54, 1.807) is 25.1 Å². The van der Waals surface area contributed by atoms with Crippen LogP contribution in [0.5, 0.6) is 0 Å². The molecule has 1 atom stereocenters. The Balaban J connectivity index is 2.42. The summed E-state index contributed by atoms with van der Waals surface area (Å²) in [5.74, 6) is 0. The molecule has 0 fully saturated rings. The summed E-state index contributed by atoms with van der Waals surface area (Å²) in [5, 5.41) is 9.96. The minimum atomic E-state index is -4.57. The minimum absolute atomic E-state index is 0.134. The van der Waals surface area contributed by atoms with Crippen molar-refractivity contribution in [2.75, 3.05) is 0 Å². The van der Waals surface area contributed by atoms with E-state index in [1.807, 2.05) is 0 Å². The van der Waals surface area contributed by atoms with Crippen LogP contribution in [0.2, 0.25) is 5.15 Å². The first kappa shape index (κ1) is 16.3. The minimum Gasteiger partial charge on any atom is -0.384 e. The number of alkyl halides is 3. The van der Waals surface area contributed by atoms with Gasteiger partial charge in [-0.25, -0.2) is 4.98 Å². The molecule has 1 heterocycles. The van der Waals surface area contributed by atoms with Gasteiger partial charge in [0.1, 0.15) is 17.0 Å². The Bertz CT molecular complexity index is 676. The average Bonchev–Trinajstić information content (AvgIpc) is 2.36. The highest BCUT2D eigenvalue weighted by Crippen LogP contribution is 2.34. The zero-order chi connectivity index (χ0) is 15.8. The summed E-state index contributed by atoms with van der Waals surface area (Å²) >= 11 is 9.09. The van der Waals surface area contributed by atoms with Gasteiger partial charge in [-0.15, -0.1) is 0 Å². The van der Waals surface area contributed by atoms with Crippen molar-refractivity contribution in [2.45, 2.75) is 19.2 Å². The van der Waals surface area contributed by atoms with E-state index >= 15 is 0 Å². The maximum atomic E-state index is 12.5. The van der Waals surface area contributed by atoms with Crippen molar-refractivity contribution in [3.63, 3.8) is 0 Å². The van der Waals surface area contributed by atoms with Gasteiger partial charge in [-0.3, -0.25) is 0 Å². The standard InChI is InChI=1S/C14H10BrClF3NO/c1-7-6-8(15)2-3-9(7)12(21)10-4-5-11(14(17,18)19)20-13(10)16/h2-6,12,21H,1H3. The maximum Gasteiger partial charge on any atom is 0.433 e. The fourth-order valence-corrected chi connectivity index (χ4v) is 2.65. The molecule has 2 nitrogen and oxygen atoms in total. The smallest absolute Gasteiger partial charge is 0.384 e. The first-order valence-electron chi connectivity index (χ1n) is 5.88. The third-order valence-corrected chi connectivity index (χ3v) is 3.79. The van der Waals surface area contributed by atoms with E-state index in [0.29, 0.717) is 5.56 Å². The van der Waals surface area contributed by atoms with E-state index in [9.17, 15) is 18.3 Å². The summed E-state index contributed by atoms with van der Waals surface area (Å²) in [6.45, 7) is 1.79. The number of nitrogens with zero attached hydrogens (tertiary/aromatic N) is 1. The van der Waals surface area contributed by atoms with Gasteiger partial charge in [0, 0.05) is 10.0 Å². The number of aromatic nitrogens is 1. The molecule has 0 amide bonds. The molecular weight excluding hydrogens is 371 g/mol. The second kappa shape index (κ2) is 5.94. The number of aliphatic hydroxyl groups is 1. The molecule has 0 aliphatic carbocycles. The Kier molecular flexibility index (Phi) is 4.60. The molecule has 0 saturated heterocycles. The molecule has 21 heavy (non-hydrogen) atoms. The monoisotopic (exact) mass is 379 g/mol. The predicted molar refractivity (Wildman–Crippen MR) is 77.2 cm³/mol. The normalized spacial score (nSPS) is 13.3. The molecule has 0 aliphatic rings. The number of pyridine rings is 1. The first-order chi connectivity index (χ1) is 9.70. The fourth-order valence-electron chi connectivity index (χ4n) is 1.92. The lowest BCUT2D eigenvalue weighted by Crippen LogP contribution is -2.10. The summed E-state index contributed by atoms with van der Waals surface area (Å²) in [7, 11) is 0. The van der Waals surface area contributed by atoms with Gasteiger partial charge in [-0.1, -0.05) is 39.7 Å². The molecule has 0 bridgehead atoms. The van der Waals surface area contributed by atoms with E-state index in [-0.39, 0.29) is 10.7 Å². The van der Waals surface area contributed by atoms with Crippen molar-refractivity contribution in [1.82, 2.24) is 4.98 Å². The van der Waals surface area contributed by atoms with Crippen LogP contribution in [-0.2, 0) is 6.18 Å². The van der Waals surface area contributed by atoms with Crippen LogP contribution in [-0.4, -0.2) is 10.1 Å². The Morgan fingerprint density at radius 3 is 2.33 bits per heavy atom. The zero-order valence-electron chi connectivity index (χ0n) is 10.7. The van der Waals surface area contributed by atoms with Crippen LogP contribution in [0.3, 0.4) is 0 Å². The van der Waals surface area contributed by atoms with Gasteiger partial charge in [0.05, 0.1) is 0 Å². The molecule has 2 rings (SSSR count). The SMILES string of the molecule is Cc1cc(Br)ccc1C(O)c1ccc(C(F)(F)F)nc1Cl. The molecule has 112 valence electrons. The molecule has 1 N–H and O–H groups in total. The summed E-state index contributed by atoms with van der Waals surface area (Å²) in [5.41, 5.74) is 0.389. The van der Waals surface area contributed by atoms with Crippen molar-refractivity contribution < 1.29 is 18.3 Å². The van der Waals surface area contributed by atoms with E-state index in [0.717, 1.165) is 22.2 Å². The van der Waals surface area contributed by atoms with Crippen molar-refractivity contribution >= 4 is 27.5 Å². The quantitative estimate of drug-likeness (QED) is 0.751. The van der Waals surface area contributed by atoms with Crippen LogP contribution in [0.25, 0.3) is 0 Å². The molecule has 0 aliphatic heterocycles. The third kappa shape index (κ3) is 3.56. The summed E-state index contributed by atoms with van der Waals surface area (Å²) in [4.78, 5) is 3.31. The van der Waals surface area contributed by atoms with Crippen molar-refractivity contribution in [3.8, 4) is 0 Å². The van der Waals surface area contributed by atoms with E-state index < -0.39 is 18.0 Å². The largest absolute Gasteiger partial charge is 0.433 e. The van der Waals surface area contributed by atoms with Crippen LogP contribution in [0.15, 0.2) is 34.8 Å². The lowest BCUT2D eigenvalue weighted by atomic mass is 9.98. The highest BCUT2D eigenvalue weighted by molar-refractivity contribution is 9.10. The molecule has 1 aromatic heterocycles. The molecule has 7 heteroatoms. The number of benzene rings is 1. The molecule has 1 aromatic carbocycles. The number of hydrogen-bond acceptors (Lipinski definition) is 2. The lowest BCUT2D eigenvalue weighted by Gasteiger charge is -2.16. The average molecular weight is 381 g/mol. The summed E-state index contributed by atoms with van der Waals surface area (Å²) in [6.07, 6.45) is -5.71. The van der Waals surface area contributed by atoms with E-state index in [2.05, 4.69) is 20.9 Å². The van der Waals surface area contributed by atoms with E-state index in [1.165, 1.54) is 0 Å². The van der Waals surface area contributed by atoms with Crippen LogP contribution in [0.4, 0.5) is 13.2 Å². The molecule has 0 saturated carbocycles. The van der Waals surface area contributed by atoms with Crippen LogP contribution in [0, 0.1) is 6.92 Å². The highest BCUT2D eigenvalue weighted by Gasteiger charge is 2.33. The van der Waals surface area contributed by atoms with Crippen LogP contribution >= 0.6 is 27.5 Å². The lowest BCUT2D eigenvalue weighted by molar-refractivity contribution is -0.141. The van der Waals surface area contributed by atoms with Crippen LogP contribution in [0.1, 0.15) is 28.5 Å². The van der Waals surface area contributed by atoms with Crippen molar-refractivity contribution in [3.05, 3.63) is 62.3 Å². The van der Waals surface area contributed by atoms with Gasteiger partial charge >= 0.3 is 6.18 Å². The number of rotatable bonds is 2. The fraction of sp³-hybridized carbons (Fsp3) is 0.214. The van der Waals surface area contributed by atoms with Gasteiger partial charge in [-0.2, -0.15) is 13.2 Å². The van der Waals surface area contributed by atoms with Gasteiger partial charge in [0.15, 0.2) is 0 Å². The van der Waals surface area contributed by atoms with Crippen LogP contribution < -0.4 is 0 Å². The third-order valence-electron chi connectivity index (χ3n) is 2.99. The topological polar surface area (TPSA) is 33.1 Å². The number of aliphatic hydroxyl groups excluding tert-OH is 1. The van der Waals surface area contributed by atoms with E-state index in [4.69, 9.17) is 11.6 Å². The Labute approximate surface area is 132 Å². The number of aryl methyl sites for hydroxylation is 1. The Morgan fingerprint density at radius 2 is 1.81 bits per heavy atom. The van der Waals surface area contributed by atoms with Crippen molar-refractivity contribution in [1.29, 1.82) is 0 Å². The van der Waals surface area contributed by atoms with Gasteiger partial charge in [0.25, 0.3) is 0 Å².